The van der Waals surface area contributed by atoms with E-state index in [0.29, 0.717) is 10.8 Å². The number of ether oxygens (including phenoxy) is 1. The van der Waals surface area contributed by atoms with Crippen molar-refractivity contribution in [3.63, 3.8) is 0 Å². The average Bonchev–Trinajstić information content (AvgIpc) is 2.31. The van der Waals surface area contributed by atoms with Crippen molar-refractivity contribution in [2.75, 3.05) is 5.73 Å². The van der Waals surface area contributed by atoms with Crippen LogP contribution < -0.4 is 10.5 Å². The van der Waals surface area contributed by atoms with Crippen LogP contribution in [-0.4, -0.2) is 16.1 Å². The third-order valence-corrected chi connectivity index (χ3v) is 2.41. The van der Waals surface area contributed by atoms with Gasteiger partial charge in [0.1, 0.15) is 5.75 Å². The van der Waals surface area contributed by atoms with E-state index in [4.69, 9.17) is 27.2 Å². The fraction of sp³-hybridized carbons (Fsp3) is 0. The number of anilines is 1. The van der Waals surface area contributed by atoms with Gasteiger partial charge in [0.05, 0.1) is 22.5 Å². The number of nitrogens with zero attached hydrogens (tertiary/aromatic N) is 1. The van der Waals surface area contributed by atoms with E-state index >= 15 is 0 Å². The number of halogens is 1. The molecular formula is C12H9ClN2O3. The SMILES string of the molecule is Nc1c(Oc2cncc(Cl)c2)cccc1C(=O)O. The number of rotatable bonds is 3. The van der Waals surface area contributed by atoms with Crippen molar-refractivity contribution in [3.05, 3.63) is 47.2 Å². The molecule has 18 heavy (non-hydrogen) atoms. The van der Waals surface area contributed by atoms with Crippen molar-refractivity contribution < 1.29 is 14.6 Å². The minimum absolute atomic E-state index is 0.0116. The third-order valence-electron chi connectivity index (χ3n) is 2.20. The molecule has 0 aliphatic heterocycles. The number of hydrogen-bond acceptors (Lipinski definition) is 4. The predicted octanol–water partition coefficient (Wildman–Crippen LogP) is 2.81. The number of nitrogen functional groups attached to an aromatic ring is 1. The van der Waals surface area contributed by atoms with Crippen LogP contribution in [0.2, 0.25) is 5.02 Å². The maximum atomic E-state index is 10.9. The quantitative estimate of drug-likeness (QED) is 0.833. The molecule has 0 fully saturated rings. The number of carbonyl (C=O) groups is 1. The van der Waals surface area contributed by atoms with Crippen LogP contribution in [0.5, 0.6) is 11.5 Å². The average molecular weight is 265 g/mol. The molecule has 0 amide bonds. The predicted molar refractivity (Wildman–Crippen MR) is 67.1 cm³/mol. The standard InChI is InChI=1S/C12H9ClN2O3/c13-7-4-8(6-15-5-7)18-10-3-1-2-9(11(10)14)12(16)17/h1-6H,14H2,(H,16,17). The highest BCUT2D eigenvalue weighted by Gasteiger charge is 2.12. The summed E-state index contributed by atoms with van der Waals surface area (Å²) in [5.74, 6) is -0.474. The molecule has 2 rings (SSSR count). The molecule has 0 atom stereocenters. The van der Waals surface area contributed by atoms with Gasteiger partial charge in [0, 0.05) is 12.3 Å². The summed E-state index contributed by atoms with van der Waals surface area (Å²) < 4.78 is 5.45. The van der Waals surface area contributed by atoms with Crippen LogP contribution in [0.4, 0.5) is 5.69 Å². The topological polar surface area (TPSA) is 85.4 Å². The summed E-state index contributed by atoms with van der Waals surface area (Å²) in [5, 5.41) is 9.35. The van der Waals surface area contributed by atoms with E-state index in [0.717, 1.165) is 0 Å². The Kier molecular flexibility index (Phi) is 3.34. The van der Waals surface area contributed by atoms with E-state index in [1.165, 1.54) is 18.5 Å². The summed E-state index contributed by atoms with van der Waals surface area (Å²) in [6, 6.07) is 6.08. The maximum Gasteiger partial charge on any atom is 0.337 e. The van der Waals surface area contributed by atoms with Gasteiger partial charge < -0.3 is 15.6 Å². The van der Waals surface area contributed by atoms with Crippen molar-refractivity contribution in [2.45, 2.75) is 0 Å². The second-order valence-electron chi connectivity index (χ2n) is 3.46. The summed E-state index contributed by atoms with van der Waals surface area (Å²) in [6.45, 7) is 0. The molecule has 6 heteroatoms. The first-order valence-corrected chi connectivity index (χ1v) is 5.36. The van der Waals surface area contributed by atoms with Gasteiger partial charge in [0.2, 0.25) is 0 Å². The zero-order chi connectivity index (χ0) is 13.1. The largest absolute Gasteiger partial charge is 0.478 e. The van der Waals surface area contributed by atoms with Gasteiger partial charge in [-0.3, -0.25) is 4.98 Å². The lowest BCUT2D eigenvalue weighted by Crippen LogP contribution is -2.03. The minimum atomic E-state index is -1.11. The first-order chi connectivity index (χ1) is 8.58. The number of para-hydroxylation sites is 1. The van der Waals surface area contributed by atoms with E-state index in [-0.39, 0.29) is 17.0 Å². The van der Waals surface area contributed by atoms with Crippen LogP contribution >= 0.6 is 11.6 Å². The van der Waals surface area contributed by atoms with Crippen LogP contribution in [0.3, 0.4) is 0 Å². The van der Waals surface area contributed by atoms with Gasteiger partial charge in [-0.2, -0.15) is 0 Å². The molecule has 0 saturated heterocycles. The Hall–Kier alpha value is -2.27. The van der Waals surface area contributed by atoms with Crippen LogP contribution in [0.25, 0.3) is 0 Å². The smallest absolute Gasteiger partial charge is 0.337 e. The summed E-state index contributed by atoms with van der Waals surface area (Å²) in [4.78, 5) is 14.8. The Morgan fingerprint density at radius 1 is 1.39 bits per heavy atom. The minimum Gasteiger partial charge on any atom is -0.478 e. The molecule has 0 bridgehead atoms. The van der Waals surface area contributed by atoms with Crippen molar-refractivity contribution in [3.8, 4) is 11.5 Å². The van der Waals surface area contributed by atoms with Gasteiger partial charge in [-0.05, 0) is 12.1 Å². The molecule has 0 aliphatic carbocycles. The molecule has 0 saturated carbocycles. The van der Waals surface area contributed by atoms with E-state index in [9.17, 15) is 4.79 Å². The van der Waals surface area contributed by atoms with Crippen LogP contribution in [0.1, 0.15) is 10.4 Å². The molecule has 0 radical (unpaired) electrons. The molecule has 0 spiro atoms. The summed E-state index contributed by atoms with van der Waals surface area (Å²) >= 11 is 5.76. The fourth-order valence-electron chi connectivity index (χ4n) is 1.39. The van der Waals surface area contributed by atoms with Crippen LogP contribution in [0, 0.1) is 0 Å². The Balaban J connectivity index is 2.35. The molecule has 5 nitrogen and oxygen atoms in total. The Morgan fingerprint density at radius 3 is 2.83 bits per heavy atom. The number of aromatic carboxylic acids is 1. The summed E-state index contributed by atoms with van der Waals surface area (Å²) in [5.41, 5.74) is 5.76. The van der Waals surface area contributed by atoms with Crippen LogP contribution in [-0.2, 0) is 0 Å². The van der Waals surface area contributed by atoms with Gasteiger partial charge >= 0.3 is 5.97 Å². The van der Waals surface area contributed by atoms with Gasteiger partial charge in [0.15, 0.2) is 5.75 Å². The monoisotopic (exact) mass is 264 g/mol. The molecule has 1 aromatic heterocycles. The molecular weight excluding hydrogens is 256 g/mol. The Labute approximate surface area is 108 Å². The number of carboxylic acid groups (broad SMARTS) is 1. The zero-order valence-corrected chi connectivity index (χ0v) is 9.89. The number of pyridine rings is 1. The lowest BCUT2D eigenvalue weighted by molar-refractivity contribution is 0.0697. The van der Waals surface area contributed by atoms with Crippen molar-refractivity contribution in [1.29, 1.82) is 0 Å². The molecule has 1 heterocycles. The molecule has 2 aromatic rings. The zero-order valence-electron chi connectivity index (χ0n) is 9.13. The van der Waals surface area contributed by atoms with Crippen molar-refractivity contribution in [2.24, 2.45) is 0 Å². The number of aromatic nitrogens is 1. The van der Waals surface area contributed by atoms with E-state index < -0.39 is 5.97 Å². The molecule has 0 unspecified atom stereocenters. The second kappa shape index (κ2) is 4.93. The number of benzene rings is 1. The first-order valence-electron chi connectivity index (χ1n) is 4.98. The lowest BCUT2D eigenvalue weighted by Gasteiger charge is -2.09. The van der Waals surface area contributed by atoms with Crippen molar-refractivity contribution >= 4 is 23.3 Å². The second-order valence-corrected chi connectivity index (χ2v) is 3.90. The first kappa shape index (κ1) is 12.2. The van der Waals surface area contributed by atoms with Gasteiger partial charge in [-0.25, -0.2) is 4.79 Å². The highest BCUT2D eigenvalue weighted by Crippen LogP contribution is 2.30. The highest BCUT2D eigenvalue weighted by molar-refractivity contribution is 6.30. The highest BCUT2D eigenvalue weighted by atomic mass is 35.5. The van der Waals surface area contributed by atoms with E-state index in [2.05, 4.69) is 4.98 Å². The van der Waals surface area contributed by atoms with Gasteiger partial charge in [-0.1, -0.05) is 17.7 Å². The Morgan fingerprint density at radius 2 is 2.17 bits per heavy atom. The Bertz CT molecular complexity index is 602. The molecule has 92 valence electrons. The number of hydrogen-bond donors (Lipinski definition) is 2. The van der Waals surface area contributed by atoms with Crippen LogP contribution in [0.15, 0.2) is 36.7 Å². The lowest BCUT2D eigenvalue weighted by atomic mass is 10.1. The molecule has 0 aliphatic rings. The number of nitrogens with two attached hydrogens (primary N) is 1. The number of carboxylic acids is 1. The van der Waals surface area contributed by atoms with E-state index in [1.807, 2.05) is 0 Å². The molecule has 1 aromatic carbocycles. The molecule has 3 N–H and O–H groups in total. The fourth-order valence-corrected chi connectivity index (χ4v) is 1.56. The summed E-state index contributed by atoms with van der Waals surface area (Å²) in [6.07, 6.45) is 2.92. The van der Waals surface area contributed by atoms with Gasteiger partial charge in [0.25, 0.3) is 0 Å². The summed E-state index contributed by atoms with van der Waals surface area (Å²) in [7, 11) is 0. The normalized spacial score (nSPS) is 10.1. The van der Waals surface area contributed by atoms with E-state index in [1.54, 1.807) is 18.2 Å². The maximum absolute atomic E-state index is 10.9. The third kappa shape index (κ3) is 2.52. The van der Waals surface area contributed by atoms with Crippen molar-refractivity contribution in [1.82, 2.24) is 4.98 Å². The van der Waals surface area contributed by atoms with Gasteiger partial charge in [-0.15, -0.1) is 0 Å².